The fourth-order valence-corrected chi connectivity index (χ4v) is 5.41. The Morgan fingerprint density at radius 3 is 2.68 bits per heavy atom. The first-order valence-electron chi connectivity index (χ1n) is 11.9. The Morgan fingerprint density at radius 1 is 1.15 bits per heavy atom. The number of hydrogen-bond donors (Lipinski definition) is 3. The maximum atomic E-state index is 13.0. The van der Waals surface area contributed by atoms with Gasteiger partial charge in [0.15, 0.2) is 0 Å². The molecule has 180 valence electrons. The summed E-state index contributed by atoms with van der Waals surface area (Å²) in [6, 6.07) is 16.8. The van der Waals surface area contributed by atoms with Gasteiger partial charge in [-0.2, -0.15) is 0 Å². The third-order valence-corrected chi connectivity index (χ3v) is 7.65. The molecule has 0 saturated carbocycles. The molecule has 8 heteroatoms. The van der Waals surface area contributed by atoms with Gasteiger partial charge < -0.3 is 24.6 Å². The van der Waals surface area contributed by atoms with E-state index in [2.05, 4.69) is 51.0 Å². The van der Waals surface area contributed by atoms with Crippen LogP contribution in [0.25, 0.3) is 22.2 Å². The van der Waals surface area contributed by atoms with Gasteiger partial charge in [-0.1, -0.05) is 18.2 Å². The summed E-state index contributed by atoms with van der Waals surface area (Å²) >= 11 is 1.48. The van der Waals surface area contributed by atoms with Crippen LogP contribution in [0.1, 0.15) is 20.3 Å². The molecule has 2 aliphatic heterocycles. The van der Waals surface area contributed by atoms with E-state index in [4.69, 9.17) is 4.74 Å². The lowest BCUT2D eigenvalue weighted by molar-refractivity contribution is -0.140. The number of para-hydroxylation sites is 1. The highest BCUT2D eigenvalue weighted by Gasteiger charge is 2.33. The quantitative estimate of drug-likeness (QED) is 0.468. The minimum Gasteiger partial charge on any atom is -0.391 e. The number of fused-ring (bicyclic) bond motifs is 1. The topological polar surface area (TPSA) is 80.8 Å². The third-order valence-electron chi connectivity index (χ3n) is 6.55. The third kappa shape index (κ3) is 4.81. The molecule has 3 N–H and O–H groups in total. The zero-order valence-corrected chi connectivity index (χ0v) is 20.5. The van der Waals surface area contributed by atoms with E-state index >= 15 is 0 Å². The molecule has 0 aliphatic carbocycles. The van der Waals surface area contributed by atoms with Crippen LogP contribution in [0.4, 0.5) is 5.69 Å². The number of anilines is 1. The summed E-state index contributed by atoms with van der Waals surface area (Å²) in [5.41, 5.74) is 3.63. The van der Waals surface area contributed by atoms with Crippen LogP contribution in [0, 0.1) is 0 Å². The van der Waals surface area contributed by atoms with Crippen LogP contribution in [0.2, 0.25) is 0 Å². The van der Waals surface area contributed by atoms with Gasteiger partial charge in [-0.3, -0.25) is 4.79 Å². The van der Waals surface area contributed by atoms with Crippen molar-refractivity contribution in [3.05, 3.63) is 48.5 Å². The van der Waals surface area contributed by atoms with Gasteiger partial charge in [0.25, 0.3) is 0 Å². The van der Waals surface area contributed by atoms with Crippen LogP contribution in [-0.4, -0.2) is 71.9 Å². The Hall–Kier alpha value is -2.52. The number of carbonyl (C=O) groups is 1. The molecular weight excluding hydrogens is 448 g/mol. The van der Waals surface area contributed by atoms with Crippen LogP contribution in [-0.2, 0) is 9.53 Å². The number of nitrogens with one attached hydrogen (secondary N) is 2. The average Bonchev–Trinajstić information content (AvgIpc) is 3.49. The monoisotopic (exact) mass is 480 g/mol. The zero-order chi connectivity index (χ0) is 23.7. The van der Waals surface area contributed by atoms with Crippen LogP contribution >= 0.6 is 11.9 Å². The number of β-amino-alcohol motifs (C(OH)–C–C–N with tert-alkyl or cyclic N) is 1. The van der Waals surface area contributed by atoms with Gasteiger partial charge >= 0.3 is 0 Å². The van der Waals surface area contributed by atoms with E-state index in [9.17, 15) is 9.90 Å². The summed E-state index contributed by atoms with van der Waals surface area (Å²) in [6.07, 6.45) is 0.487. The standard InChI is InChI=1S/C26H32N4O3S/c1-26(2,25(32)29-11-13-33-14-12-29)28-34-20-7-8-24(30-10-9-19(31)17-30)21(16-20)23-15-18-5-3-4-6-22(18)27-23/h3-8,15-16,19,27-28,31H,9-14,17H2,1-2H3. The fraction of sp³-hybridized carbons (Fsp3) is 0.423. The number of amides is 1. The molecule has 34 heavy (non-hydrogen) atoms. The Morgan fingerprint density at radius 2 is 1.94 bits per heavy atom. The van der Waals surface area contributed by atoms with Crippen LogP contribution < -0.4 is 9.62 Å². The summed E-state index contributed by atoms with van der Waals surface area (Å²) in [4.78, 5) is 21.8. The van der Waals surface area contributed by atoms with Crippen molar-refractivity contribution in [2.24, 2.45) is 0 Å². The van der Waals surface area contributed by atoms with E-state index in [1.54, 1.807) is 0 Å². The lowest BCUT2D eigenvalue weighted by Gasteiger charge is -2.34. The molecule has 0 spiro atoms. The predicted molar refractivity (Wildman–Crippen MR) is 137 cm³/mol. The number of H-pyrrole nitrogens is 1. The number of aromatic nitrogens is 1. The molecule has 1 amide bonds. The number of aliphatic hydroxyl groups excluding tert-OH is 1. The SMILES string of the molecule is CC(C)(NSc1ccc(N2CCC(O)C2)c(-c2cc3ccccc3[nH]2)c1)C(=O)N1CCOCC1. The van der Waals surface area contributed by atoms with Crippen molar-refractivity contribution in [1.29, 1.82) is 0 Å². The second-order valence-corrected chi connectivity index (χ2v) is 10.5. The highest BCUT2D eigenvalue weighted by molar-refractivity contribution is 7.97. The lowest BCUT2D eigenvalue weighted by atomic mass is 10.1. The maximum absolute atomic E-state index is 13.0. The number of nitrogens with zero attached hydrogens (tertiary/aromatic N) is 2. The number of hydrogen-bond acceptors (Lipinski definition) is 6. The van der Waals surface area contributed by atoms with Crippen molar-refractivity contribution in [2.75, 3.05) is 44.3 Å². The molecule has 2 aromatic carbocycles. The summed E-state index contributed by atoms with van der Waals surface area (Å²) in [5, 5.41) is 11.3. The molecule has 5 rings (SSSR count). The van der Waals surface area contributed by atoms with Gasteiger partial charge in [-0.25, -0.2) is 4.72 Å². The Balaban J connectivity index is 1.41. The molecule has 2 aliphatic rings. The summed E-state index contributed by atoms with van der Waals surface area (Å²) in [7, 11) is 0. The van der Waals surface area contributed by atoms with E-state index in [0.717, 1.165) is 40.3 Å². The average molecular weight is 481 g/mol. The van der Waals surface area contributed by atoms with E-state index in [0.29, 0.717) is 32.8 Å². The lowest BCUT2D eigenvalue weighted by Crippen LogP contribution is -2.54. The van der Waals surface area contributed by atoms with Crippen molar-refractivity contribution < 1.29 is 14.6 Å². The number of aliphatic hydroxyl groups is 1. The molecule has 1 aromatic heterocycles. The highest BCUT2D eigenvalue weighted by Crippen LogP contribution is 2.37. The minimum absolute atomic E-state index is 0.0850. The maximum Gasteiger partial charge on any atom is 0.243 e. The number of morpholine rings is 1. The molecule has 1 unspecified atom stereocenters. The van der Waals surface area contributed by atoms with Gasteiger partial charge in [0.1, 0.15) is 5.54 Å². The largest absolute Gasteiger partial charge is 0.391 e. The minimum atomic E-state index is -0.707. The van der Waals surface area contributed by atoms with E-state index in [1.165, 1.54) is 17.3 Å². The Kier molecular flexibility index (Phi) is 6.57. The highest BCUT2D eigenvalue weighted by atomic mass is 32.2. The first kappa shape index (κ1) is 23.2. The van der Waals surface area contributed by atoms with Gasteiger partial charge in [0, 0.05) is 58.9 Å². The molecule has 2 fully saturated rings. The van der Waals surface area contributed by atoms with E-state index in [1.807, 2.05) is 30.9 Å². The van der Waals surface area contributed by atoms with Crippen LogP contribution in [0.15, 0.2) is 53.4 Å². The number of aromatic amines is 1. The van der Waals surface area contributed by atoms with Crippen LogP contribution in [0.5, 0.6) is 0 Å². The van der Waals surface area contributed by atoms with Crippen molar-refractivity contribution in [2.45, 2.75) is 36.8 Å². The van der Waals surface area contributed by atoms with Crippen molar-refractivity contribution in [3.8, 4) is 11.3 Å². The Labute approximate surface area is 204 Å². The molecule has 3 heterocycles. The van der Waals surface area contributed by atoms with Crippen molar-refractivity contribution >= 4 is 34.4 Å². The normalized spacial score (nSPS) is 19.2. The molecule has 2 saturated heterocycles. The summed E-state index contributed by atoms with van der Waals surface area (Å²) in [6.45, 7) is 7.78. The number of rotatable bonds is 6. The number of benzene rings is 2. The molecule has 1 atom stereocenters. The number of carbonyl (C=O) groups excluding carboxylic acids is 1. The molecule has 3 aromatic rings. The molecular formula is C26H32N4O3S. The van der Waals surface area contributed by atoms with Gasteiger partial charge in [0.2, 0.25) is 5.91 Å². The smallest absolute Gasteiger partial charge is 0.243 e. The van der Waals surface area contributed by atoms with Gasteiger partial charge in [-0.05, 0) is 62.5 Å². The van der Waals surface area contributed by atoms with Gasteiger partial charge in [-0.15, -0.1) is 0 Å². The fourth-order valence-electron chi connectivity index (χ4n) is 4.64. The number of ether oxygens (including phenoxy) is 1. The summed E-state index contributed by atoms with van der Waals surface area (Å²) < 4.78 is 8.78. The van der Waals surface area contributed by atoms with Crippen molar-refractivity contribution in [3.63, 3.8) is 0 Å². The van der Waals surface area contributed by atoms with Crippen LogP contribution in [0.3, 0.4) is 0 Å². The van der Waals surface area contributed by atoms with E-state index < -0.39 is 5.54 Å². The summed E-state index contributed by atoms with van der Waals surface area (Å²) in [5.74, 6) is 0.0850. The molecule has 0 radical (unpaired) electrons. The first-order chi connectivity index (χ1) is 16.4. The van der Waals surface area contributed by atoms with Gasteiger partial charge in [0.05, 0.1) is 19.3 Å². The molecule has 0 bridgehead atoms. The first-order valence-corrected chi connectivity index (χ1v) is 12.7. The molecule has 7 nitrogen and oxygen atoms in total. The Bertz CT molecular complexity index is 1140. The predicted octanol–water partition coefficient (Wildman–Crippen LogP) is 3.64. The second-order valence-electron chi connectivity index (χ2n) is 9.57. The zero-order valence-electron chi connectivity index (χ0n) is 19.7. The van der Waals surface area contributed by atoms with E-state index in [-0.39, 0.29) is 12.0 Å². The second kappa shape index (κ2) is 9.62. The van der Waals surface area contributed by atoms with Crippen molar-refractivity contribution in [1.82, 2.24) is 14.6 Å².